The molecule has 2 atom stereocenters. The van der Waals surface area contributed by atoms with Crippen LogP contribution < -0.4 is 5.73 Å². The van der Waals surface area contributed by atoms with E-state index in [1.807, 2.05) is 0 Å². The topological polar surface area (TPSA) is 58.7 Å². The number of aliphatic hydroxyl groups excluding tert-OH is 1. The van der Waals surface area contributed by atoms with E-state index in [1.165, 1.54) is 0 Å². The fourth-order valence-corrected chi connectivity index (χ4v) is 2.66. The zero-order valence-corrected chi connectivity index (χ0v) is 8.78. The number of nitrogens with zero attached hydrogens (tertiary/aromatic N) is 1. The molecular weight excluding hydrogens is 180 g/mol. The molecular formula is C10H20N2O2. The smallest absolute Gasteiger partial charge is 0.0619 e. The summed E-state index contributed by atoms with van der Waals surface area (Å²) in [6.07, 6.45) is 0. The number of likely N-dealkylation sites (tertiary alicyclic amines) is 1. The summed E-state index contributed by atoms with van der Waals surface area (Å²) in [5, 5.41) is 9.42. The maximum atomic E-state index is 9.42. The normalized spacial score (nSPS) is 43.9. The predicted octanol–water partition coefficient (Wildman–Crippen LogP) is -0.726. The number of ether oxygens (including phenoxy) is 1. The highest BCUT2D eigenvalue weighted by Crippen LogP contribution is 2.34. The largest absolute Gasteiger partial charge is 0.394 e. The fraction of sp³-hybridized carbons (Fsp3) is 1.00. The van der Waals surface area contributed by atoms with Gasteiger partial charge in [-0.2, -0.15) is 0 Å². The molecule has 0 aromatic heterocycles. The van der Waals surface area contributed by atoms with E-state index in [4.69, 9.17) is 10.5 Å². The Morgan fingerprint density at radius 3 is 2.43 bits per heavy atom. The molecule has 0 radical (unpaired) electrons. The third-order valence-corrected chi connectivity index (χ3v) is 3.84. The van der Waals surface area contributed by atoms with E-state index in [0.717, 1.165) is 19.6 Å². The summed E-state index contributed by atoms with van der Waals surface area (Å²) in [6.45, 7) is 6.64. The Morgan fingerprint density at radius 1 is 1.43 bits per heavy atom. The van der Waals surface area contributed by atoms with Crippen LogP contribution in [0.1, 0.15) is 6.92 Å². The van der Waals surface area contributed by atoms with Gasteiger partial charge in [0.25, 0.3) is 0 Å². The number of rotatable bonds is 2. The van der Waals surface area contributed by atoms with Gasteiger partial charge in [0.2, 0.25) is 0 Å². The van der Waals surface area contributed by atoms with Crippen molar-refractivity contribution in [1.29, 1.82) is 0 Å². The Kier molecular flexibility index (Phi) is 2.79. The van der Waals surface area contributed by atoms with Crippen molar-refractivity contribution in [3.8, 4) is 0 Å². The Morgan fingerprint density at radius 2 is 2.00 bits per heavy atom. The third kappa shape index (κ3) is 1.46. The Labute approximate surface area is 85.0 Å². The summed E-state index contributed by atoms with van der Waals surface area (Å²) >= 11 is 0. The van der Waals surface area contributed by atoms with Crippen LogP contribution in [-0.2, 0) is 4.74 Å². The quantitative estimate of drug-likeness (QED) is 0.617. The lowest BCUT2D eigenvalue weighted by Gasteiger charge is -2.52. The van der Waals surface area contributed by atoms with Crippen molar-refractivity contribution in [3.63, 3.8) is 0 Å². The molecule has 82 valence electrons. The number of fused-ring (bicyclic) bond motifs is 2. The molecule has 2 fully saturated rings. The van der Waals surface area contributed by atoms with Crippen molar-refractivity contribution < 1.29 is 9.84 Å². The fourth-order valence-electron chi connectivity index (χ4n) is 2.66. The van der Waals surface area contributed by atoms with Crippen LogP contribution in [0.3, 0.4) is 0 Å². The molecule has 2 saturated heterocycles. The molecule has 0 amide bonds. The van der Waals surface area contributed by atoms with E-state index >= 15 is 0 Å². The molecule has 2 bridgehead atoms. The van der Waals surface area contributed by atoms with Gasteiger partial charge >= 0.3 is 0 Å². The maximum Gasteiger partial charge on any atom is 0.0619 e. The second-order valence-electron chi connectivity index (χ2n) is 4.55. The molecule has 2 rings (SSSR count). The van der Waals surface area contributed by atoms with Crippen molar-refractivity contribution in [2.45, 2.75) is 12.5 Å². The molecule has 0 spiro atoms. The van der Waals surface area contributed by atoms with Crippen molar-refractivity contribution in [1.82, 2.24) is 4.90 Å². The first kappa shape index (κ1) is 10.4. The van der Waals surface area contributed by atoms with Gasteiger partial charge in [-0.3, -0.25) is 0 Å². The minimum Gasteiger partial charge on any atom is -0.394 e. The van der Waals surface area contributed by atoms with Crippen LogP contribution in [0.25, 0.3) is 0 Å². The number of hydrogen-bond acceptors (Lipinski definition) is 4. The maximum absolute atomic E-state index is 9.42. The number of nitrogens with two attached hydrogens (primary N) is 1. The zero-order chi connectivity index (χ0) is 10.2. The Balaban J connectivity index is 2.15. The minimum absolute atomic E-state index is 0.0866. The van der Waals surface area contributed by atoms with Gasteiger partial charge in [0, 0.05) is 24.9 Å². The van der Waals surface area contributed by atoms with E-state index in [-0.39, 0.29) is 6.61 Å². The molecule has 0 saturated carbocycles. The van der Waals surface area contributed by atoms with Crippen molar-refractivity contribution in [3.05, 3.63) is 0 Å². The average molecular weight is 200 g/mol. The highest BCUT2D eigenvalue weighted by atomic mass is 16.5. The highest BCUT2D eigenvalue weighted by Gasteiger charge is 2.49. The molecule has 0 aromatic rings. The van der Waals surface area contributed by atoms with Crippen LogP contribution in [0.2, 0.25) is 0 Å². The van der Waals surface area contributed by atoms with Crippen LogP contribution in [-0.4, -0.2) is 55.0 Å². The van der Waals surface area contributed by atoms with Gasteiger partial charge in [-0.25, -0.2) is 0 Å². The summed E-state index contributed by atoms with van der Waals surface area (Å²) in [6, 6.07) is 0. The first-order valence-electron chi connectivity index (χ1n) is 5.40. The van der Waals surface area contributed by atoms with E-state index in [0.29, 0.717) is 25.0 Å². The van der Waals surface area contributed by atoms with Gasteiger partial charge in [0.15, 0.2) is 0 Å². The van der Waals surface area contributed by atoms with Crippen LogP contribution in [0.5, 0.6) is 0 Å². The molecule has 4 nitrogen and oxygen atoms in total. The van der Waals surface area contributed by atoms with Gasteiger partial charge in [-0.15, -0.1) is 0 Å². The number of piperidine rings is 1. The molecule has 3 N–H and O–H groups in total. The van der Waals surface area contributed by atoms with Crippen LogP contribution in [0, 0.1) is 11.8 Å². The Hall–Kier alpha value is -0.160. The average Bonchev–Trinajstić information content (AvgIpc) is 2.17. The lowest BCUT2D eigenvalue weighted by molar-refractivity contribution is -0.111. The summed E-state index contributed by atoms with van der Waals surface area (Å²) in [5.41, 5.74) is 5.87. The zero-order valence-electron chi connectivity index (χ0n) is 8.78. The summed E-state index contributed by atoms with van der Waals surface area (Å²) in [5.74, 6) is 0.583. The van der Waals surface area contributed by atoms with E-state index < -0.39 is 5.54 Å². The summed E-state index contributed by atoms with van der Waals surface area (Å²) < 4.78 is 5.51. The van der Waals surface area contributed by atoms with E-state index in [1.54, 1.807) is 0 Å². The first-order valence-corrected chi connectivity index (χ1v) is 5.40. The Bertz CT molecular complexity index is 196. The third-order valence-electron chi connectivity index (χ3n) is 3.84. The molecule has 2 heterocycles. The van der Waals surface area contributed by atoms with Crippen molar-refractivity contribution >= 4 is 0 Å². The summed E-state index contributed by atoms with van der Waals surface area (Å²) in [7, 11) is 0. The van der Waals surface area contributed by atoms with Gasteiger partial charge in [0.05, 0.1) is 25.4 Å². The van der Waals surface area contributed by atoms with E-state index in [2.05, 4.69) is 11.8 Å². The second-order valence-corrected chi connectivity index (χ2v) is 4.55. The van der Waals surface area contributed by atoms with Gasteiger partial charge in [0.1, 0.15) is 0 Å². The van der Waals surface area contributed by atoms with Crippen molar-refractivity contribution in [2.24, 2.45) is 17.6 Å². The lowest BCUT2D eigenvalue weighted by Crippen LogP contribution is -2.69. The van der Waals surface area contributed by atoms with Gasteiger partial charge in [-0.05, 0) is 6.54 Å². The number of hydrogen-bond donors (Lipinski definition) is 2. The van der Waals surface area contributed by atoms with Crippen LogP contribution in [0.4, 0.5) is 0 Å². The number of aliphatic hydroxyl groups is 1. The highest BCUT2D eigenvalue weighted by molar-refractivity contribution is 5.04. The minimum atomic E-state index is -0.399. The second kappa shape index (κ2) is 3.77. The molecule has 0 aromatic carbocycles. The molecule has 4 heteroatoms. The van der Waals surface area contributed by atoms with Crippen LogP contribution in [0.15, 0.2) is 0 Å². The lowest BCUT2D eigenvalue weighted by atomic mass is 9.70. The molecule has 2 unspecified atom stereocenters. The standard InChI is InChI=1S/C10H20N2O2/c1-2-12-3-8-5-14-6-9(4-12)10(8,11)7-13/h8-9,13H,2-7,11H2,1H3. The molecule has 0 aliphatic carbocycles. The predicted molar refractivity (Wildman–Crippen MR) is 53.9 cm³/mol. The first-order chi connectivity index (χ1) is 6.70. The molecule has 14 heavy (non-hydrogen) atoms. The molecule has 2 aliphatic heterocycles. The van der Waals surface area contributed by atoms with Crippen LogP contribution >= 0.6 is 0 Å². The van der Waals surface area contributed by atoms with E-state index in [9.17, 15) is 5.11 Å². The monoisotopic (exact) mass is 200 g/mol. The van der Waals surface area contributed by atoms with Gasteiger partial charge < -0.3 is 20.5 Å². The van der Waals surface area contributed by atoms with Gasteiger partial charge in [-0.1, -0.05) is 6.92 Å². The van der Waals surface area contributed by atoms with Crippen molar-refractivity contribution in [2.75, 3.05) is 39.5 Å². The molecule has 2 aliphatic rings. The summed E-state index contributed by atoms with van der Waals surface area (Å²) in [4.78, 5) is 2.40. The SMILES string of the molecule is CCN1CC2COCC(C1)C2(N)CO.